The largest absolute Gasteiger partial charge is 0.417 e. The van der Waals surface area contributed by atoms with Gasteiger partial charge in [0.25, 0.3) is 0 Å². The Morgan fingerprint density at radius 1 is 1.44 bits per heavy atom. The molecule has 0 aliphatic heterocycles. The maximum Gasteiger partial charge on any atom is 0.417 e. The molecule has 0 spiro atoms. The fraction of sp³-hybridized carbons (Fsp3) is 0.385. The fourth-order valence-electron chi connectivity index (χ4n) is 1.75. The van der Waals surface area contributed by atoms with Crippen molar-refractivity contribution in [1.82, 2.24) is 10.3 Å². The van der Waals surface area contributed by atoms with Gasteiger partial charge in [0, 0.05) is 13.0 Å². The molecule has 0 unspecified atom stereocenters. The Bertz CT molecular complexity index is 610. The van der Waals surface area contributed by atoms with Crippen molar-refractivity contribution >= 4 is 17.0 Å². The minimum Gasteiger partial charge on any atom is -0.408 e. The Morgan fingerprint density at radius 3 is 2.94 bits per heavy atom. The first kappa shape index (κ1) is 12.4. The molecule has 5 nitrogen and oxygen atoms in total. The van der Waals surface area contributed by atoms with Crippen molar-refractivity contribution < 1.29 is 9.21 Å². The van der Waals surface area contributed by atoms with E-state index in [4.69, 9.17) is 4.42 Å². The third-order valence-corrected chi connectivity index (χ3v) is 2.57. The van der Waals surface area contributed by atoms with Crippen molar-refractivity contribution in [3.05, 3.63) is 34.3 Å². The summed E-state index contributed by atoms with van der Waals surface area (Å²) in [6.45, 7) is 4.46. The highest BCUT2D eigenvalue weighted by Gasteiger charge is 2.06. The molecule has 0 aliphatic rings. The summed E-state index contributed by atoms with van der Waals surface area (Å²) in [5, 5.41) is 2.84. The molecule has 0 fully saturated rings. The zero-order valence-corrected chi connectivity index (χ0v) is 10.4. The number of carbonyl (C=O) groups is 1. The summed E-state index contributed by atoms with van der Waals surface area (Å²) in [6.07, 6.45) is 0.519. The number of H-pyrrole nitrogens is 1. The molecule has 1 amide bonds. The van der Waals surface area contributed by atoms with Gasteiger partial charge in [-0.3, -0.25) is 9.78 Å². The van der Waals surface area contributed by atoms with Crippen molar-refractivity contribution in [3.8, 4) is 0 Å². The van der Waals surface area contributed by atoms with Gasteiger partial charge < -0.3 is 9.73 Å². The molecule has 0 bridgehead atoms. The van der Waals surface area contributed by atoms with Crippen LogP contribution in [-0.4, -0.2) is 10.9 Å². The number of nitrogens with one attached hydrogen (secondary N) is 2. The Labute approximate surface area is 104 Å². The van der Waals surface area contributed by atoms with Gasteiger partial charge in [-0.2, -0.15) is 0 Å². The van der Waals surface area contributed by atoms with Crippen LogP contribution in [0.25, 0.3) is 11.1 Å². The van der Waals surface area contributed by atoms with Crippen molar-refractivity contribution in [1.29, 1.82) is 0 Å². The first-order valence-corrected chi connectivity index (χ1v) is 5.93. The van der Waals surface area contributed by atoms with Gasteiger partial charge in [-0.25, -0.2) is 4.79 Å². The summed E-state index contributed by atoms with van der Waals surface area (Å²) >= 11 is 0. The highest BCUT2D eigenvalue weighted by molar-refractivity contribution is 5.76. The molecular weight excluding hydrogens is 232 g/mol. The number of rotatable bonds is 4. The second-order valence-corrected chi connectivity index (χ2v) is 4.72. The topological polar surface area (TPSA) is 75.1 Å². The highest BCUT2D eigenvalue weighted by Crippen LogP contribution is 2.12. The lowest BCUT2D eigenvalue weighted by molar-refractivity contribution is -0.121. The third-order valence-electron chi connectivity index (χ3n) is 2.57. The van der Waals surface area contributed by atoms with E-state index in [1.165, 1.54) is 0 Å². The van der Waals surface area contributed by atoms with Crippen molar-refractivity contribution in [2.45, 2.75) is 26.8 Å². The Balaban J connectivity index is 2.03. The lowest BCUT2D eigenvalue weighted by atomic mass is 10.1. The van der Waals surface area contributed by atoms with Crippen LogP contribution >= 0.6 is 0 Å². The van der Waals surface area contributed by atoms with Crippen molar-refractivity contribution in [2.24, 2.45) is 5.92 Å². The number of hydrogen-bond acceptors (Lipinski definition) is 3. The lowest BCUT2D eigenvalue weighted by Crippen LogP contribution is -2.23. The number of amides is 1. The van der Waals surface area contributed by atoms with Crippen LogP contribution in [0.1, 0.15) is 25.8 Å². The van der Waals surface area contributed by atoms with Gasteiger partial charge in [-0.15, -0.1) is 0 Å². The summed E-state index contributed by atoms with van der Waals surface area (Å²) in [4.78, 5) is 25.1. The van der Waals surface area contributed by atoms with Crippen LogP contribution in [-0.2, 0) is 11.3 Å². The van der Waals surface area contributed by atoms with Gasteiger partial charge in [0.15, 0.2) is 5.58 Å². The normalized spacial score (nSPS) is 11.1. The summed E-state index contributed by atoms with van der Waals surface area (Å²) in [5.74, 6) is -0.0884. The Kier molecular flexibility index (Phi) is 3.50. The first-order chi connectivity index (χ1) is 8.54. The summed E-state index contributed by atoms with van der Waals surface area (Å²) in [7, 11) is 0. The number of hydrogen-bond donors (Lipinski definition) is 2. The SMILES string of the molecule is CC(C)CC(=O)NCc1ccc2oc(=O)[nH]c2c1. The van der Waals surface area contributed by atoms with E-state index in [1.807, 2.05) is 19.9 Å². The second-order valence-electron chi connectivity index (χ2n) is 4.72. The summed E-state index contributed by atoms with van der Waals surface area (Å²) < 4.78 is 4.90. The van der Waals surface area contributed by atoms with Gasteiger partial charge in [-0.1, -0.05) is 19.9 Å². The average Bonchev–Trinajstić information content (AvgIpc) is 2.64. The molecule has 1 aromatic heterocycles. The number of aromatic amines is 1. The van der Waals surface area contributed by atoms with Crippen LogP contribution in [0.5, 0.6) is 0 Å². The Hall–Kier alpha value is -2.04. The van der Waals surface area contributed by atoms with E-state index >= 15 is 0 Å². The zero-order chi connectivity index (χ0) is 13.1. The number of fused-ring (bicyclic) bond motifs is 1. The molecule has 2 aromatic rings. The Morgan fingerprint density at radius 2 is 2.22 bits per heavy atom. The second kappa shape index (κ2) is 5.08. The minimum atomic E-state index is -0.467. The van der Waals surface area contributed by atoms with Crippen LogP contribution in [0.15, 0.2) is 27.4 Å². The molecule has 0 saturated heterocycles. The molecule has 0 atom stereocenters. The van der Waals surface area contributed by atoms with Crippen molar-refractivity contribution in [3.63, 3.8) is 0 Å². The van der Waals surface area contributed by atoms with Gasteiger partial charge in [-0.05, 0) is 23.6 Å². The number of carbonyl (C=O) groups excluding carboxylic acids is 1. The van der Waals surface area contributed by atoms with Crippen molar-refractivity contribution in [2.75, 3.05) is 0 Å². The average molecular weight is 248 g/mol. The highest BCUT2D eigenvalue weighted by atomic mass is 16.4. The first-order valence-electron chi connectivity index (χ1n) is 5.93. The summed E-state index contributed by atoms with van der Waals surface area (Å²) in [5.41, 5.74) is 2.10. The zero-order valence-electron chi connectivity index (χ0n) is 10.4. The van der Waals surface area contributed by atoms with Crippen LogP contribution in [0, 0.1) is 5.92 Å². The predicted molar refractivity (Wildman–Crippen MR) is 68.1 cm³/mol. The standard InChI is InChI=1S/C13H16N2O3/c1-8(2)5-12(16)14-7-9-3-4-11-10(6-9)15-13(17)18-11/h3-4,6,8H,5,7H2,1-2H3,(H,14,16)(H,15,17). The molecule has 0 radical (unpaired) electrons. The molecule has 1 aromatic carbocycles. The molecule has 2 N–H and O–H groups in total. The molecule has 5 heteroatoms. The number of aromatic nitrogens is 1. The van der Waals surface area contributed by atoms with E-state index in [9.17, 15) is 9.59 Å². The molecule has 1 heterocycles. The van der Waals surface area contributed by atoms with Gasteiger partial charge in [0.05, 0.1) is 5.52 Å². The fourth-order valence-corrected chi connectivity index (χ4v) is 1.75. The maximum atomic E-state index is 11.5. The maximum absolute atomic E-state index is 11.5. The van der Waals surface area contributed by atoms with Crippen LogP contribution in [0.4, 0.5) is 0 Å². The van der Waals surface area contributed by atoms with E-state index in [2.05, 4.69) is 10.3 Å². The number of oxazole rings is 1. The van der Waals surface area contributed by atoms with E-state index in [1.54, 1.807) is 12.1 Å². The van der Waals surface area contributed by atoms with E-state index < -0.39 is 5.76 Å². The third kappa shape index (κ3) is 3.00. The van der Waals surface area contributed by atoms with E-state index in [-0.39, 0.29) is 5.91 Å². The van der Waals surface area contributed by atoms with Gasteiger partial charge in [0.2, 0.25) is 5.91 Å². The lowest BCUT2D eigenvalue weighted by Gasteiger charge is -2.07. The minimum absolute atomic E-state index is 0.0331. The van der Waals surface area contributed by atoms with Gasteiger partial charge in [0.1, 0.15) is 0 Å². The van der Waals surface area contributed by atoms with E-state index in [0.717, 1.165) is 5.56 Å². The molecule has 0 saturated carbocycles. The summed E-state index contributed by atoms with van der Waals surface area (Å²) in [6, 6.07) is 5.35. The van der Waals surface area contributed by atoms with E-state index in [0.29, 0.717) is 30.0 Å². The monoisotopic (exact) mass is 248 g/mol. The van der Waals surface area contributed by atoms with Crippen LogP contribution in [0.3, 0.4) is 0 Å². The van der Waals surface area contributed by atoms with Crippen LogP contribution in [0.2, 0.25) is 0 Å². The van der Waals surface area contributed by atoms with Gasteiger partial charge >= 0.3 is 5.76 Å². The van der Waals surface area contributed by atoms with Crippen LogP contribution < -0.4 is 11.1 Å². The predicted octanol–water partition coefficient (Wildman–Crippen LogP) is 1.78. The molecule has 96 valence electrons. The molecule has 0 aliphatic carbocycles. The smallest absolute Gasteiger partial charge is 0.408 e. The quantitative estimate of drug-likeness (QED) is 0.866. The number of benzene rings is 1. The molecular formula is C13H16N2O3. The molecule has 2 rings (SSSR count). The molecule has 18 heavy (non-hydrogen) atoms.